The van der Waals surface area contributed by atoms with Gasteiger partial charge in [-0.05, 0) is 43.7 Å². The van der Waals surface area contributed by atoms with Gasteiger partial charge in [0.25, 0.3) is 5.91 Å². The molecule has 1 aliphatic rings. The number of carbonyl (C=O) groups excluding carboxylic acids is 3. The molecule has 2 aromatic rings. The molecule has 1 fully saturated rings. The second kappa shape index (κ2) is 10.4. The second-order valence-corrected chi connectivity index (χ2v) is 8.68. The number of anilines is 1. The van der Waals surface area contributed by atoms with Crippen molar-refractivity contribution >= 4 is 34.1 Å². The van der Waals surface area contributed by atoms with Gasteiger partial charge in [-0.2, -0.15) is 0 Å². The summed E-state index contributed by atoms with van der Waals surface area (Å²) in [6.07, 6.45) is 3.39. The summed E-state index contributed by atoms with van der Waals surface area (Å²) in [5.74, 6) is -0.748. The zero-order valence-electron chi connectivity index (χ0n) is 17.4. The highest BCUT2D eigenvalue weighted by molar-refractivity contribution is 7.16. The van der Waals surface area contributed by atoms with Crippen LogP contribution in [0.4, 0.5) is 5.00 Å². The molecule has 1 aliphatic carbocycles. The van der Waals surface area contributed by atoms with Crippen LogP contribution in [-0.2, 0) is 27.3 Å². The Bertz CT molecular complexity index is 886. The molecule has 0 aliphatic heterocycles. The third-order valence-corrected chi connectivity index (χ3v) is 6.74. The quantitative estimate of drug-likeness (QED) is 0.649. The second-order valence-electron chi connectivity index (χ2n) is 7.54. The van der Waals surface area contributed by atoms with Crippen molar-refractivity contribution in [3.63, 3.8) is 0 Å². The van der Waals surface area contributed by atoms with Crippen LogP contribution in [0, 0.1) is 11.8 Å². The number of ether oxygens (including phenoxy) is 1. The lowest BCUT2D eigenvalue weighted by atomic mass is 9.81. The highest BCUT2D eigenvalue weighted by Gasteiger charge is 2.31. The Balaban J connectivity index is 1.63. The van der Waals surface area contributed by atoms with E-state index in [2.05, 4.69) is 10.6 Å². The maximum Gasteiger partial charge on any atom is 0.308 e. The standard InChI is InChI=1S/C23H28N2O4S/c1-3-18-13-19(21(27)24-14-15-7-5-4-6-8-15)22(30-18)25-20(26)16-9-11-17(12-10-16)23(28)29-2/h4-8,13,16-17H,3,9-12,14H2,1-2H3,(H,24,27)(H,25,26). The SMILES string of the molecule is CCc1cc(C(=O)NCc2ccccc2)c(NC(=O)C2CCC(C(=O)OC)CC2)s1. The van der Waals surface area contributed by atoms with Gasteiger partial charge in [0.1, 0.15) is 5.00 Å². The molecule has 1 heterocycles. The van der Waals surface area contributed by atoms with E-state index < -0.39 is 0 Å². The summed E-state index contributed by atoms with van der Waals surface area (Å²) < 4.78 is 4.81. The number of benzene rings is 1. The Morgan fingerprint density at radius 1 is 1.07 bits per heavy atom. The van der Waals surface area contributed by atoms with E-state index in [1.807, 2.05) is 43.3 Å². The van der Waals surface area contributed by atoms with Crippen LogP contribution in [0.3, 0.4) is 0 Å². The number of carbonyl (C=O) groups is 3. The number of rotatable bonds is 7. The van der Waals surface area contributed by atoms with Gasteiger partial charge in [-0.15, -0.1) is 11.3 Å². The average molecular weight is 429 g/mol. The lowest BCUT2D eigenvalue weighted by Gasteiger charge is -2.26. The molecule has 6 nitrogen and oxygen atoms in total. The van der Waals surface area contributed by atoms with Gasteiger partial charge >= 0.3 is 5.97 Å². The molecule has 7 heteroatoms. The first-order valence-electron chi connectivity index (χ1n) is 10.3. The smallest absolute Gasteiger partial charge is 0.308 e. The summed E-state index contributed by atoms with van der Waals surface area (Å²) in [6, 6.07) is 11.6. The van der Waals surface area contributed by atoms with Gasteiger partial charge in [0, 0.05) is 17.3 Å². The lowest BCUT2D eigenvalue weighted by Crippen LogP contribution is -2.30. The Hall–Kier alpha value is -2.67. The molecule has 0 saturated heterocycles. The van der Waals surface area contributed by atoms with Crippen molar-refractivity contribution in [2.75, 3.05) is 12.4 Å². The molecule has 160 valence electrons. The van der Waals surface area contributed by atoms with Crippen LogP contribution >= 0.6 is 11.3 Å². The van der Waals surface area contributed by atoms with Gasteiger partial charge in [-0.3, -0.25) is 14.4 Å². The Kier molecular flexibility index (Phi) is 7.63. The van der Waals surface area contributed by atoms with E-state index in [-0.39, 0.29) is 29.6 Å². The van der Waals surface area contributed by atoms with E-state index in [9.17, 15) is 14.4 Å². The summed E-state index contributed by atoms with van der Waals surface area (Å²) in [4.78, 5) is 38.3. The summed E-state index contributed by atoms with van der Waals surface area (Å²) >= 11 is 1.44. The van der Waals surface area contributed by atoms with E-state index in [4.69, 9.17) is 4.74 Å². The number of thiophene rings is 1. The molecule has 2 N–H and O–H groups in total. The van der Waals surface area contributed by atoms with E-state index in [1.165, 1.54) is 18.4 Å². The van der Waals surface area contributed by atoms with Crippen molar-refractivity contribution in [2.45, 2.75) is 45.6 Å². The van der Waals surface area contributed by atoms with Crippen molar-refractivity contribution in [1.82, 2.24) is 5.32 Å². The van der Waals surface area contributed by atoms with Crippen LogP contribution in [0.15, 0.2) is 36.4 Å². The number of methoxy groups -OCH3 is 1. The molecule has 1 aromatic heterocycles. The molecule has 0 bridgehead atoms. The predicted molar refractivity (Wildman–Crippen MR) is 117 cm³/mol. The molecular weight excluding hydrogens is 400 g/mol. The molecule has 0 spiro atoms. The highest BCUT2D eigenvalue weighted by atomic mass is 32.1. The van der Waals surface area contributed by atoms with Crippen LogP contribution in [0.1, 0.15) is 53.4 Å². The summed E-state index contributed by atoms with van der Waals surface area (Å²) in [6.45, 7) is 2.46. The van der Waals surface area contributed by atoms with E-state index in [0.717, 1.165) is 16.9 Å². The summed E-state index contributed by atoms with van der Waals surface area (Å²) in [5.41, 5.74) is 1.52. The normalized spacial score (nSPS) is 18.5. The first-order valence-corrected chi connectivity index (χ1v) is 11.2. The fourth-order valence-electron chi connectivity index (χ4n) is 3.72. The molecule has 2 amide bonds. The van der Waals surface area contributed by atoms with Crippen LogP contribution in [-0.4, -0.2) is 24.9 Å². The third-order valence-electron chi connectivity index (χ3n) is 5.54. The maximum absolute atomic E-state index is 12.8. The average Bonchev–Trinajstić information content (AvgIpc) is 3.20. The molecule has 0 atom stereocenters. The fourth-order valence-corrected chi connectivity index (χ4v) is 4.72. The number of hydrogen-bond acceptors (Lipinski definition) is 5. The number of nitrogens with one attached hydrogen (secondary N) is 2. The highest BCUT2D eigenvalue weighted by Crippen LogP contribution is 2.33. The van der Waals surface area contributed by atoms with Gasteiger partial charge in [0.15, 0.2) is 0 Å². The van der Waals surface area contributed by atoms with Gasteiger partial charge in [-0.1, -0.05) is 37.3 Å². The van der Waals surface area contributed by atoms with Crippen LogP contribution < -0.4 is 10.6 Å². The largest absolute Gasteiger partial charge is 0.469 e. The first kappa shape index (κ1) is 22.0. The summed E-state index contributed by atoms with van der Waals surface area (Å²) in [7, 11) is 1.40. The molecule has 0 unspecified atom stereocenters. The van der Waals surface area contributed by atoms with Crippen molar-refractivity contribution in [1.29, 1.82) is 0 Å². The van der Waals surface area contributed by atoms with Crippen molar-refractivity contribution in [3.05, 3.63) is 52.4 Å². The van der Waals surface area contributed by atoms with Gasteiger partial charge in [0.05, 0.1) is 18.6 Å². The Morgan fingerprint density at radius 3 is 2.37 bits per heavy atom. The molecule has 1 aromatic carbocycles. The van der Waals surface area contributed by atoms with Gasteiger partial charge in [0.2, 0.25) is 5.91 Å². The van der Waals surface area contributed by atoms with Crippen molar-refractivity contribution < 1.29 is 19.1 Å². The molecular formula is C23H28N2O4S. The maximum atomic E-state index is 12.8. The van der Waals surface area contributed by atoms with Crippen molar-refractivity contribution in [2.24, 2.45) is 11.8 Å². The molecule has 3 rings (SSSR count). The number of aryl methyl sites for hydroxylation is 1. The van der Waals surface area contributed by atoms with Gasteiger partial charge < -0.3 is 15.4 Å². The minimum Gasteiger partial charge on any atom is -0.469 e. The fraction of sp³-hybridized carbons (Fsp3) is 0.435. The monoisotopic (exact) mass is 428 g/mol. The molecule has 0 radical (unpaired) electrons. The molecule has 1 saturated carbocycles. The van der Waals surface area contributed by atoms with Crippen LogP contribution in [0.5, 0.6) is 0 Å². The van der Waals surface area contributed by atoms with Crippen molar-refractivity contribution in [3.8, 4) is 0 Å². The topological polar surface area (TPSA) is 84.5 Å². The molecule has 30 heavy (non-hydrogen) atoms. The zero-order chi connectivity index (χ0) is 21.5. The minimum atomic E-state index is -0.197. The van der Waals surface area contributed by atoms with Gasteiger partial charge in [-0.25, -0.2) is 0 Å². The number of hydrogen-bond donors (Lipinski definition) is 2. The summed E-state index contributed by atoms with van der Waals surface area (Å²) in [5, 5.41) is 6.51. The first-order chi connectivity index (χ1) is 14.5. The number of amides is 2. The van der Waals surface area contributed by atoms with E-state index >= 15 is 0 Å². The van der Waals surface area contributed by atoms with Crippen LogP contribution in [0.25, 0.3) is 0 Å². The Labute approximate surface area is 181 Å². The zero-order valence-corrected chi connectivity index (χ0v) is 18.2. The Morgan fingerprint density at radius 2 is 1.73 bits per heavy atom. The minimum absolute atomic E-state index is 0.0834. The lowest BCUT2D eigenvalue weighted by molar-refractivity contribution is -0.147. The number of esters is 1. The third kappa shape index (κ3) is 5.48. The van der Waals surface area contributed by atoms with E-state index in [1.54, 1.807) is 0 Å². The predicted octanol–water partition coefficient (Wildman–Crippen LogP) is 4.16. The van der Waals surface area contributed by atoms with Crippen LogP contribution in [0.2, 0.25) is 0 Å². The van der Waals surface area contributed by atoms with E-state index in [0.29, 0.717) is 42.8 Å².